The van der Waals surface area contributed by atoms with Gasteiger partial charge in [-0.25, -0.2) is 4.39 Å². The van der Waals surface area contributed by atoms with Crippen LogP contribution in [-0.4, -0.2) is 24.4 Å². The van der Waals surface area contributed by atoms with E-state index in [9.17, 15) is 9.18 Å². The fourth-order valence-electron chi connectivity index (χ4n) is 1.55. The summed E-state index contributed by atoms with van der Waals surface area (Å²) in [5.41, 5.74) is 12.3. The number of halogens is 1. The third-order valence-corrected chi connectivity index (χ3v) is 2.25. The molecule has 0 aliphatic carbocycles. The number of primary amides is 1. The highest BCUT2D eigenvalue weighted by Gasteiger charge is 2.08. The van der Waals surface area contributed by atoms with Crippen LogP contribution in [0.2, 0.25) is 0 Å². The van der Waals surface area contributed by atoms with Gasteiger partial charge in [-0.2, -0.15) is 0 Å². The van der Waals surface area contributed by atoms with Gasteiger partial charge >= 0.3 is 0 Å². The Morgan fingerprint density at radius 3 is 2.69 bits per heavy atom. The van der Waals surface area contributed by atoms with E-state index >= 15 is 0 Å². The molecule has 0 aliphatic rings. The SMILES string of the molecule is CN(CC(N)=O)Cc1cc(F)ccc1CN. The van der Waals surface area contributed by atoms with Crippen LogP contribution in [0, 0.1) is 5.82 Å². The first kappa shape index (κ1) is 12.6. The van der Waals surface area contributed by atoms with Crippen molar-refractivity contribution in [2.45, 2.75) is 13.1 Å². The summed E-state index contributed by atoms with van der Waals surface area (Å²) < 4.78 is 13.0. The molecule has 0 fully saturated rings. The molecule has 5 heteroatoms. The van der Waals surface area contributed by atoms with Crippen LogP contribution in [-0.2, 0) is 17.9 Å². The smallest absolute Gasteiger partial charge is 0.231 e. The maximum absolute atomic E-state index is 13.0. The third-order valence-electron chi connectivity index (χ3n) is 2.25. The quantitative estimate of drug-likeness (QED) is 0.752. The summed E-state index contributed by atoms with van der Waals surface area (Å²) in [6.45, 7) is 0.938. The molecule has 0 spiro atoms. The molecule has 16 heavy (non-hydrogen) atoms. The van der Waals surface area contributed by atoms with E-state index in [2.05, 4.69) is 0 Å². The first-order chi connectivity index (χ1) is 7.52. The van der Waals surface area contributed by atoms with Crippen LogP contribution in [0.1, 0.15) is 11.1 Å². The Morgan fingerprint density at radius 2 is 2.12 bits per heavy atom. The molecular weight excluding hydrogens is 209 g/mol. The molecule has 1 rings (SSSR count). The van der Waals surface area contributed by atoms with Crippen molar-refractivity contribution in [3.63, 3.8) is 0 Å². The molecule has 88 valence electrons. The summed E-state index contributed by atoms with van der Waals surface area (Å²) in [6, 6.07) is 4.46. The van der Waals surface area contributed by atoms with Crippen molar-refractivity contribution < 1.29 is 9.18 Å². The standard InChI is InChI=1S/C11H16FN3O/c1-15(7-11(14)16)6-9-4-10(12)3-2-8(9)5-13/h2-4H,5-7,13H2,1H3,(H2,14,16). The number of likely N-dealkylation sites (N-methyl/N-ethyl adjacent to an activating group) is 1. The van der Waals surface area contributed by atoms with Crippen LogP contribution in [0.15, 0.2) is 18.2 Å². The topological polar surface area (TPSA) is 72.3 Å². The molecule has 0 saturated carbocycles. The van der Waals surface area contributed by atoms with Crippen molar-refractivity contribution in [3.8, 4) is 0 Å². The Morgan fingerprint density at radius 1 is 1.44 bits per heavy atom. The summed E-state index contributed by atoms with van der Waals surface area (Å²) in [6.07, 6.45) is 0. The summed E-state index contributed by atoms with van der Waals surface area (Å²) in [5.74, 6) is -0.715. The first-order valence-electron chi connectivity index (χ1n) is 4.97. The summed E-state index contributed by atoms with van der Waals surface area (Å²) in [7, 11) is 1.75. The number of rotatable bonds is 5. The third kappa shape index (κ3) is 3.60. The molecule has 1 aromatic carbocycles. The van der Waals surface area contributed by atoms with Crippen molar-refractivity contribution in [1.82, 2.24) is 4.90 Å². The second-order valence-corrected chi connectivity index (χ2v) is 3.76. The Kier molecular flexibility index (Phi) is 4.39. The van der Waals surface area contributed by atoms with Crippen molar-refractivity contribution in [3.05, 3.63) is 35.1 Å². The number of hydrogen-bond acceptors (Lipinski definition) is 3. The van der Waals surface area contributed by atoms with Crippen LogP contribution in [0.4, 0.5) is 4.39 Å². The van der Waals surface area contributed by atoms with Gasteiger partial charge in [0.15, 0.2) is 0 Å². The lowest BCUT2D eigenvalue weighted by Crippen LogP contribution is -2.30. The van der Waals surface area contributed by atoms with E-state index < -0.39 is 5.91 Å². The Labute approximate surface area is 94.0 Å². The van der Waals surface area contributed by atoms with E-state index in [1.165, 1.54) is 12.1 Å². The minimum absolute atomic E-state index is 0.139. The minimum atomic E-state index is -0.409. The molecule has 4 N–H and O–H groups in total. The number of carbonyl (C=O) groups excluding carboxylic acids is 1. The van der Waals surface area contributed by atoms with Gasteiger partial charge in [0.05, 0.1) is 6.54 Å². The lowest BCUT2D eigenvalue weighted by atomic mass is 10.1. The highest BCUT2D eigenvalue weighted by Crippen LogP contribution is 2.12. The summed E-state index contributed by atoms with van der Waals surface area (Å²) >= 11 is 0. The molecule has 0 heterocycles. The van der Waals surface area contributed by atoms with E-state index in [-0.39, 0.29) is 12.4 Å². The largest absolute Gasteiger partial charge is 0.369 e. The lowest BCUT2D eigenvalue weighted by Gasteiger charge is -2.16. The zero-order valence-electron chi connectivity index (χ0n) is 9.24. The lowest BCUT2D eigenvalue weighted by molar-refractivity contribution is -0.118. The van der Waals surface area contributed by atoms with Gasteiger partial charge in [-0.3, -0.25) is 9.69 Å². The zero-order chi connectivity index (χ0) is 12.1. The van der Waals surface area contributed by atoms with Crippen molar-refractivity contribution in [1.29, 1.82) is 0 Å². The number of nitrogens with zero attached hydrogens (tertiary/aromatic N) is 1. The number of hydrogen-bond donors (Lipinski definition) is 2. The molecule has 4 nitrogen and oxygen atoms in total. The van der Waals surface area contributed by atoms with Crippen molar-refractivity contribution in [2.75, 3.05) is 13.6 Å². The van der Waals surface area contributed by atoms with Crippen LogP contribution in [0.3, 0.4) is 0 Å². The van der Waals surface area contributed by atoms with E-state index in [1.54, 1.807) is 18.0 Å². The Hall–Kier alpha value is -1.46. The molecule has 0 aromatic heterocycles. The normalized spacial score (nSPS) is 10.8. The van der Waals surface area contributed by atoms with Gasteiger partial charge in [0.1, 0.15) is 5.82 Å². The Bertz CT molecular complexity index is 381. The van der Waals surface area contributed by atoms with Gasteiger partial charge in [0, 0.05) is 13.1 Å². The first-order valence-corrected chi connectivity index (χ1v) is 4.97. The van der Waals surface area contributed by atoms with Crippen molar-refractivity contribution in [2.24, 2.45) is 11.5 Å². The molecule has 0 aliphatic heterocycles. The predicted octanol–water partition coefficient (Wildman–Crippen LogP) is 0.202. The van der Waals surface area contributed by atoms with Gasteiger partial charge in [0.25, 0.3) is 0 Å². The molecule has 0 atom stereocenters. The summed E-state index contributed by atoms with van der Waals surface area (Å²) in [4.78, 5) is 12.4. The second kappa shape index (κ2) is 5.58. The number of benzene rings is 1. The van der Waals surface area contributed by atoms with Gasteiger partial charge in [-0.15, -0.1) is 0 Å². The van der Waals surface area contributed by atoms with Crippen LogP contribution < -0.4 is 11.5 Å². The maximum atomic E-state index is 13.0. The molecular formula is C11H16FN3O. The van der Waals surface area contributed by atoms with Gasteiger partial charge < -0.3 is 11.5 Å². The average molecular weight is 225 g/mol. The van der Waals surface area contributed by atoms with E-state index in [1.807, 2.05) is 0 Å². The van der Waals surface area contributed by atoms with E-state index in [0.29, 0.717) is 13.1 Å². The molecule has 0 saturated heterocycles. The molecule has 0 bridgehead atoms. The fourth-order valence-corrected chi connectivity index (χ4v) is 1.55. The average Bonchev–Trinajstić information content (AvgIpc) is 2.16. The van der Waals surface area contributed by atoms with Crippen LogP contribution in [0.5, 0.6) is 0 Å². The highest BCUT2D eigenvalue weighted by molar-refractivity contribution is 5.75. The van der Waals surface area contributed by atoms with Gasteiger partial charge in [0.2, 0.25) is 5.91 Å². The number of carbonyl (C=O) groups is 1. The highest BCUT2D eigenvalue weighted by atomic mass is 19.1. The minimum Gasteiger partial charge on any atom is -0.369 e. The monoisotopic (exact) mass is 225 g/mol. The van der Waals surface area contributed by atoms with Crippen LogP contribution in [0.25, 0.3) is 0 Å². The number of amides is 1. The van der Waals surface area contributed by atoms with Gasteiger partial charge in [-0.1, -0.05) is 6.07 Å². The zero-order valence-corrected chi connectivity index (χ0v) is 9.24. The molecule has 1 amide bonds. The Balaban J connectivity index is 2.78. The van der Waals surface area contributed by atoms with E-state index in [0.717, 1.165) is 11.1 Å². The molecule has 0 unspecified atom stereocenters. The van der Waals surface area contributed by atoms with Gasteiger partial charge in [-0.05, 0) is 30.3 Å². The second-order valence-electron chi connectivity index (χ2n) is 3.76. The molecule has 0 radical (unpaired) electrons. The van der Waals surface area contributed by atoms with Crippen LogP contribution >= 0.6 is 0 Å². The fraction of sp³-hybridized carbons (Fsp3) is 0.364. The molecule has 1 aromatic rings. The predicted molar refractivity (Wildman–Crippen MR) is 59.8 cm³/mol. The van der Waals surface area contributed by atoms with Crippen molar-refractivity contribution >= 4 is 5.91 Å². The van der Waals surface area contributed by atoms with E-state index in [4.69, 9.17) is 11.5 Å². The maximum Gasteiger partial charge on any atom is 0.231 e. The number of nitrogens with two attached hydrogens (primary N) is 2. The summed E-state index contributed by atoms with van der Waals surface area (Å²) in [5, 5.41) is 0.